The summed E-state index contributed by atoms with van der Waals surface area (Å²) in [5.41, 5.74) is -0.0939. The second-order valence-corrected chi connectivity index (χ2v) is 6.62. The summed E-state index contributed by atoms with van der Waals surface area (Å²) in [6.07, 6.45) is 5.18. The third-order valence-electron chi connectivity index (χ3n) is 4.94. The Morgan fingerprint density at radius 3 is 2.71 bits per heavy atom. The number of carbonyl (C=O) groups is 1. The predicted molar refractivity (Wildman–Crippen MR) is 79.1 cm³/mol. The van der Waals surface area contributed by atoms with E-state index in [2.05, 4.69) is 21.7 Å². The zero-order chi connectivity index (χ0) is 15.3. The van der Waals surface area contributed by atoms with Gasteiger partial charge in [0.05, 0.1) is 17.2 Å². The van der Waals surface area contributed by atoms with Crippen molar-refractivity contribution < 1.29 is 4.79 Å². The van der Waals surface area contributed by atoms with Crippen LogP contribution in [-0.4, -0.2) is 28.5 Å². The molecule has 2 heterocycles. The SMILES string of the molecule is CC1=NC2(C)C(=CN1)NC(=O)N2C1CCC(C)(C#N)CC1. The first-order valence-electron chi connectivity index (χ1n) is 7.43. The Morgan fingerprint density at radius 2 is 2.10 bits per heavy atom. The number of rotatable bonds is 1. The summed E-state index contributed by atoms with van der Waals surface area (Å²) in [5, 5.41) is 15.2. The van der Waals surface area contributed by atoms with E-state index in [1.54, 1.807) is 0 Å². The number of hydrogen-bond acceptors (Lipinski definition) is 4. The lowest BCUT2D eigenvalue weighted by Crippen LogP contribution is -2.52. The van der Waals surface area contributed by atoms with Crippen LogP contribution in [0.2, 0.25) is 0 Å². The Morgan fingerprint density at radius 1 is 1.43 bits per heavy atom. The fourth-order valence-electron chi connectivity index (χ4n) is 3.57. The summed E-state index contributed by atoms with van der Waals surface area (Å²) in [7, 11) is 0. The van der Waals surface area contributed by atoms with Gasteiger partial charge in [0.1, 0.15) is 5.84 Å². The van der Waals surface area contributed by atoms with Gasteiger partial charge in [-0.3, -0.25) is 4.90 Å². The molecule has 6 nitrogen and oxygen atoms in total. The second-order valence-electron chi connectivity index (χ2n) is 6.62. The van der Waals surface area contributed by atoms with Crippen LogP contribution in [0.1, 0.15) is 46.5 Å². The molecule has 6 heteroatoms. The second kappa shape index (κ2) is 4.48. The predicted octanol–water partition coefficient (Wildman–Crippen LogP) is 2.06. The van der Waals surface area contributed by atoms with Crippen LogP contribution in [0.5, 0.6) is 0 Å². The Bertz CT molecular complexity index is 579. The van der Waals surface area contributed by atoms with Gasteiger partial charge in [0, 0.05) is 12.2 Å². The summed E-state index contributed by atoms with van der Waals surface area (Å²) in [4.78, 5) is 18.9. The van der Waals surface area contributed by atoms with Crippen LogP contribution in [0.3, 0.4) is 0 Å². The van der Waals surface area contributed by atoms with Gasteiger partial charge in [-0.15, -0.1) is 0 Å². The summed E-state index contributed by atoms with van der Waals surface area (Å²) >= 11 is 0. The molecule has 1 aliphatic carbocycles. The smallest absolute Gasteiger partial charge is 0.324 e. The van der Waals surface area contributed by atoms with E-state index in [0.717, 1.165) is 37.2 Å². The Labute approximate surface area is 124 Å². The topological polar surface area (TPSA) is 80.5 Å². The van der Waals surface area contributed by atoms with Crippen molar-refractivity contribution in [2.75, 3.05) is 0 Å². The number of hydrogen-bond donors (Lipinski definition) is 2. The average Bonchev–Trinajstić information content (AvgIpc) is 2.70. The third-order valence-corrected chi connectivity index (χ3v) is 4.94. The molecular formula is C15H21N5O. The number of urea groups is 1. The van der Waals surface area contributed by atoms with Crippen molar-refractivity contribution in [1.82, 2.24) is 15.5 Å². The lowest BCUT2D eigenvalue weighted by molar-refractivity contribution is 0.0972. The fourth-order valence-corrected chi connectivity index (χ4v) is 3.57. The quantitative estimate of drug-likeness (QED) is 0.774. The summed E-state index contributed by atoms with van der Waals surface area (Å²) in [6, 6.07) is 2.46. The molecule has 112 valence electrons. The van der Waals surface area contributed by atoms with Crippen LogP contribution in [0.4, 0.5) is 4.79 Å². The standard InChI is InChI=1S/C15H21N5O/c1-10-17-8-12-15(3,19-10)20(13(21)18-12)11-4-6-14(2,9-16)7-5-11/h8,11H,4-7H2,1-3H3,(H,17,19)(H,18,21). The van der Waals surface area contributed by atoms with Crippen molar-refractivity contribution in [3.8, 4) is 6.07 Å². The lowest BCUT2D eigenvalue weighted by Gasteiger charge is -2.42. The molecule has 1 saturated carbocycles. The molecule has 0 aromatic carbocycles. The minimum absolute atomic E-state index is 0.0884. The molecule has 2 amide bonds. The van der Waals surface area contributed by atoms with Crippen LogP contribution in [0, 0.1) is 16.7 Å². The zero-order valence-electron chi connectivity index (χ0n) is 12.7. The van der Waals surface area contributed by atoms with E-state index >= 15 is 0 Å². The van der Waals surface area contributed by atoms with Crippen LogP contribution >= 0.6 is 0 Å². The van der Waals surface area contributed by atoms with Gasteiger partial charge < -0.3 is 10.6 Å². The number of amides is 2. The van der Waals surface area contributed by atoms with E-state index in [0.29, 0.717) is 0 Å². The summed E-state index contributed by atoms with van der Waals surface area (Å²) in [5.74, 6) is 0.806. The number of aliphatic imine (C=N–C) groups is 1. The maximum Gasteiger partial charge on any atom is 0.324 e. The molecule has 1 atom stereocenters. The number of carbonyl (C=O) groups excluding carboxylic acids is 1. The van der Waals surface area contributed by atoms with Crippen LogP contribution in [0.15, 0.2) is 16.9 Å². The summed E-state index contributed by atoms with van der Waals surface area (Å²) in [6.45, 7) is 5.87. The number of fused-ring (bicyclic) bond motifs is 1. The van der Waals surface area contributed by atoms with Crippen molar-refractivity contribution in [2.45, 2.75) is 58.2 Å². The summed E-state index contributed by atoms with van der Waals surface area (Å²) < 4.78 is 0. The van der Waals surface area contributed by atoms with E-state index in [4.69, 9.17) is 0 Å². The van der Waals surface area contributed by atoms with Gasteiger partial charge in [0.2, 0.25) is 0 Å². The van der Waals surface area contributed by atoms with Gasteiger partial charge in [-0.2, -0.15) is 5.26 Å². The highest BCUT2D eigenvalue weighted by Crippen LogP contribution is 2.42. The molecular weight excluding hydrogens is 266 g/mol. The van der Waals surface area contributed by atoms with Crippen molar-refractivity contribution in [2.24, 2.45) is 10.4 Å². The molecule has 3 rings (SSSR count). The molecule has 0 radical (unpaired) electrons. The molecule has 1 saturated heterocycles. The third kappa shape index (κ3) is 2.08. The molecule has 3 aliphatic rings. The molecule has 0 aromatic heterocycles. The molecule has 0 aromatic rings. The van der Waals surface area contributed by atoms with Crippen molar-refractivity contribution in [1.29, 1.82) is 5.26 Å². The highest BCUT2D eigenvalue weighted by atomic mass is 16.2. The number of nitrogens with one attached hydrogen (secondary N) is 2. The van der Waals surface area contributed by atoms with E-state index < -0.39 is 5.66 Å². The van der Waals surface area contributed by atoms with Crippen molar-refractivity contribution in [3.63, 3.8) is 0 Å². The Balaban J connectivity index is 1.86. The van der Waals surface area contributed by atoms with Gasteiger partial charge in [0.25, 0.3) is 0 Å². The van der Waals surface area contributed by atoms with Gasteiger partial charge >= 0.3 is 6.03 Å². The Kier molecular flexibility index (Phi) is 2.97. The molecule has 2 N–H and O–H groups in total. The number of nitriles is 1. The number of amidine groups is 1. The van der Waals surface area contributed by atoms with Crippen LogP contribution in [0.25, 0.3) is 0 Å². The van der Waals surface area contributed by atoms with E-state index in [1.165, 1.54) is 0 Å². The molecule has 2 aliphatic heterocycles. The molecule has 0 spiro atoms. The van der Waals surface area contributed by atoms with E-state index in [9.17, 15) is 10.1 Å². The first kappa shape index (κ1) is 13.9. The van der Waals surface area contributed by atoms with E-state index in [1.807, 2.05) is 31.9 Å². The van der Waals surface area contributed by atoms with Gasteiger partial charge in [-0.25, -0.2) is 9.79 Å². The van der Waals surface area contributed by atoms with Crippen LogP contribution in [-0.2, 0) is 0 Å². The monoisotopic (exact) mass is 287 g/mol. The Hall–Kier alpha value is -2.03. The van der Waals surface area contributed by atoms with Crippen LogP contribution < -0.4 is 10.6 Å². The van der Waals surface area contributed by atoms with Gasteiger partial charge in [0.15, 0.2) is 5.66 Å². The maximum absolute atomic E-state index is 12.4. The zero-order valence-corrected chi connectivity index (χ0v) is 12.7. The molecule has 1 unspecified atom stereocenters. The maximum atomic E-state index is 12.4. The van der Waals surface area contributed by atoms with E-state index in [-0.39, 0.29) is 17.5 Å². The first-order chi connectivity index (χ1) is 9.88. The molecule has 0 bridgehead atoms. The highest BCUT2D eigenvalue weighted by molar-refractivity contribution is 5.88. The number of nitrogens with zero attached hydrogens (tertiary/aromatic N) is 3. The average molecular weight is 287 g/mol. The minimum Gasteiger partial charge on any atom is -0.349 e. The van der Waals surface area contributed by atoms with Gasteiger partial charge in [-0.1, -0.05) is 0 Å². The molecule has 21 heavy (non-hydrogen) atoms. The largest absolute Gasteiger partial charge is 0.349 e. The van der Waals surface area contributed by atoms with Gasteiger partial charge in [-0.05, 0) is 46.5 Å². The minimum atomic E-state index is -0.641. The van der Waals surface area contributed by atoms with Crippen molar-refractivity contribution in [3.05, 3.63) is 11.9 Å². The lowest BCUT2D eigenvalue weighted by atomic mass is 9.74. The highest BCUT2D eigenvalue weighted by Gasteiger charge is 2.51. The fraction of sp³-hybridized carbons (Fsp3) is 0.667. The van der Waals surface area contributed by atoms with Crippen molar-refractivity contribution >= 4 is 11.9 Å². The normalized spacial score (nSPS) is 38.7. The first-order valence-corrected chi connectivity index (χ1v) is 7.43. The molecule has 2 fully saturated rings.